The van der Waals surface area contributed by atoms with Gasteiger partial charge in [0.25, 0.3) is 0 Å². The molecule has 0 radical (unpaired) electrons. The van der Waals surface area contributed by atoms with E-state index in [-0.39, 0.29) is 11.9 Å². The summed E-state index contributed by atoms with van der Waals surface area (Å²) in [6.45, 7) is 9.50. The molecule has 1 heterocycles. The molecular weight excluding hydrogens is 406 g/mol. The van der Waals surface area contributed by atoms with Crippen LogP contribution in [0.1, 0.15) is 20.3 Å². The van der Waals surface area contributed by atoms with Crippen LogP contribution in [0.3, 0.4) is 0 Å². The number of ether oxygens (including phenoxy) is 1. The highest BCUT2D eigenvalue weighted by molar-refractivity contribution is 9.12. The molecule has 0 spiro atoms. The number of amides is 1. The fourth-order valence-electron chi connectivity index (χ4n) is 3.27. The Hall–Kier alpha value is -1.11. The van der Waals surface area contributed by atoms with Crippen LogP contribution in [0.5, 0.6) is 0 Å². The number of carbonyl (C=O) groups excluding carboxylic acids is 1. The lowest BCUT2D eigenvalue weighted by molar-refractivity contribution is -0.130. The molecule has 25 heavy (non-hydrogen) atoms. The zero-order chi connectivity index (χ0) is 18.6. The Balaban J connectivity index is 2.11. The summed E-state index contributed by atoms with van der Waals surface area (Å²) in [7, 11) is 1.69. The van der Waals surface area contributed by atoms with Gasteiger partial charge in [-0.05, 0) is 46.8 Å². The van der Waals surface area contributed by atoms with Crippen LogP contribution in [0.25, 0.3) is 0 Å². The second-order valence-corrected chi connectivity index (χ2v) is 7.79. The first-order chi connectivity index (χ1) is 11.8. The van der Waals surface area contributed by atoms with Crippen molar-refractivity contribution in [1.29, 1.82) is 0 Å². The zero-order valence-electron chi connectivity index (χ0n) is 14.9. The van der Waals surface area contributed by atoms with Crippen molar-refractivity contribution in [2.45, 2.75) is 32.4 Å². The molecule has 1 fully saturated rings. The molecule has 0 aromatic heterocycles. The Kier molecular flexibility index (Phi) is 7.28. The van der Waals surface area contributed by atoms with Gasteiger partial charge < -0.3 is 15.0 Å². The number of nitrogens with zero attached hydrogens (tertiary/aromatic N) is 2. The summed E-state index contributed by atoms with van der Waals surface area (Å²) in [5.74, 6) is 0.911. The van der Waals surface area contributed by atoms with Gasteiger partial charge in [-0.3, -0.25) is 9.79 Å². The molecule has 1 amide bonds. The van der Waals surface area contributed by atoms with Crippen molar-refractivity contribution >= 4 is 39.3 Å². The maximum absolute atomic E-state index is 12.9. The van der Waals surface area contributed by atoms with Crippen molar-refractivity contribution in [2.24, 2.45) is 10.9 Å². The predicted molar refractivity (Wildman–Crippen MR) is 106 cm³/mol. The Morgan fingerprint density at radius 3 is 2.88 bits per heavy atom. The molecule has 1 aliphatic heterocycles. The molecule has 1 N–H and O–H groups in total. The van der Waals surface area contributed by atoms with E-state index in [1.165, 1.54) is 5.57 Å². The predicted octanol–water partition coefficient (Wildman–Crippen LogP) is 3.22. The molecule has 138 valence electrons. The quantitative estimate of drug-likeness (QED) is 0.550. The third-order valence-corrected chi connectivity index (χ3v) is 5.18. The number of hydrogen-bond donors (Lipinski definition) is 1. The van der Waals surface area contributed by atoms with Gasteiger partial charge in [-0.2, -0.15) is 0 Å². The molecule has 0 saturated carbocycles. The molecule has 5 nitrogen and oxygen atoms in total. The summed E-state index contributed by atoms with van der Waals surface area (Å²) < 4.78 is 6.18. The number of amidine groups is 1. The molecule has 7 heteroatoms. The lowest BCUT2D eigenvalue weighted by Crippen LogP contribution is -2.57. The Bertz CT molecular complexity index is 630. The summed E-state index contributed by atoms with van der Waals surface area (Å²) in [4.78, 5) is 19.1. The molecule has 2 unspecified atom stereocenters. The van der Waals surface area contributed by atoms with Crippen LogP contribution in [0.15, 0.2) is 38.8 Å². The molecule has 3 atom stereocenters. The van der Waals surface area contributed by atoms with Gasteiger partial charge in [0.2, 0.25) is 5.91 Å². The van der Waals surface area contributed by atoms with Crippen LogP contribution < -0.4 is 5.32 Å². The van der Waals surface area contributed by atoms with Gasteiger partial charge >= 0.3 is 0 Å². The summed E-state index contributed by atoms with van der Waals surface area (Å²) in [6, 6.07) is -0.496. The van der Waals surface area contributed by atoms with Gasteiger partial charge in [0.1, 0.15) is 11.9 Å². The topological polar surface area (TPSA) is 53.9 Å². The lowest BCUT2D eigenvalue weighted by Gasteiger charge is -2.37. The van der Waals surface area contributed by atoms with Crippen molar-refractivity contribution < 1.29 is 9.53 Å². The van der Waals surface area contributed by atoms with E-state index in [0.717, 1.165) is 11.5 Å². The first-order valence-corrected chi connectivity index (χ1v) is 9.54. The highest BCUT2D eigenvalue weighted by atomic mass is 79.9. The van der Waals surface area contributed by atoms with Crippen molar-refractivity contribution in [3.8, 4) is 0 Å². The molecular formula is C18H25BrClN3O2. The molecule has 1 aliphatic carbocycles. The Morgan fingerprint density at radius 1 is 1.56 bits per heavy atom. The van der Waals surface area contributed by atoms with Crippen LogP contribution in [-0.2, 0) is 9.53 Å². The fourth-order valence-corrected chi connectivity index (χ4v) is 3.97. The number of nitrogens with one attached hydrogen (secondary N) is 1. The third-order valence-electron chi connectivity index (χ3n) is 4.54. The van der Waals surface area contributed by atoms with Gasteiger partial charge in [-0.15, -0.1) is 0 Å². The van der Waals surface area contributed by atoms with Gasteiger partial charge in [-0.1, -0.05) is 31.2 Å². The number of morpholine rings is 1. The van der Waals surface area contributed by atoms with Gasteiger partial charge in [0.15, 0.2) is 0 Å². The van der Waals surface area contributed by atoms with E-state index in [1.807, 2.05) is 24.0 Å². The maximum Gasteiger partial charge on any atom is 0.245 e. The second-order valence-electron chi connectivity index (χ2n) is 6.35. The largest absolute Gasteiger partial charge is 0.377 e. The van der Waals surface area contributed by atoms with E-state index in [4.69, 9.17) is 16.3 Å². The number of carbonyl (C=O) groups is 1. The minimum atomic E-state index is -0.428. The van der Waals surface area contributed by atoms with Gasteiger partial charge in [0.05, 0.1) is 17.7 Å². The number of hydrogen-bond acceptors (Lipinski definition) is 3. The average Bonchev–Trinajstić information content (AvgIpc) is 2.55. The monoisotopic (exact) mass is 429 g/mol. The van der Waals surface area contributed by atoms with Crippen molar-refractivity contribution in [3.05, 3.63) is 33.8 Å². The lowest BCUT2D eigenvalue weighted by atomic mass is 9.88. The molecule has 1 saturated heterocycles. The van der Waals surface area contributed by atoms with E-state index < -0.39 is 6.04 Å². The van der Waals surface area contributed by atoms with Crippen LogP contribution in [0, 0.1) is 5.92 Å². The Labute approximate surface area is 163 Å². The standard InChI is InChI=1S/C18H25BrClN3O2/c1-11-9-14(20)5-6-15(11)13(3)22-18(24)16-10-25-8-7-23(16)17(21-4)12(2)19/h5-6,11,13,16H,2,7-10H2,1,3-4H3,(H,22,24)/t11?,13-,16?/m0/s1. The van der Waals surface area contributed by atoms with Gasteiger partial charge in [-0.25, -0.2) is 0 Å². The van der Waals surface area contributed by atoms with Crippen molar-refractivity contribution in [2.75, 3.05) is 26.8 Å². The van der Waals surface area contributed by atoms with E-state index in [1.54, 1.807) is 7.05 Å². The summed E-state index contributed by atoms with van der Waals surface area (Å²) in [5, 5.41) is 3.96. The second kappa shape index (κ2) is 9.01. The molecule has 0 aromatic carbocycles. The normalized spacial score (nSPS) is 25.8. The first kappa shape index (κ1) is 20.2. The van der Waals surface area contributed by atoms with Crippen molar-refractivity contribution in [1.82, 2.24) is 10.2 Å². The zero-order valence-corrected chi connectivity index (χ0v) is 17.2. The fraction of sp³-hybridized carbons (Fsp3) is 0.556. The van der Waals surface area contributed by atoms with Crippen LogP contribution >= 0.6 is 27.5 Å². The minimum absolute atomic E-state index is 0.0681. The molecule has 2 rings (SSSR count). The van der Waals surface area contributed by atoms with E-state index in [0.29, 0.717) is 36.0 Å². The summed E-state index contributed by atoms with van der Waals surface area (Å²) in [5.41, 5.74) is 1.18. The van der Waals surface area contributed by atoms with E-state index >= 15 is 0 Å². The third kappa shape index (κ3) is 4.96. The van der Waals surface area contributed by atoms with Crippen LogP contribution in [-0.4, -0.2) is 55.5 Å². The number of aliphatic imine (C=N–C) groups is 1. The maximum atomic E-state index is 12.9. The molecule has 0 aromatic rings. The molecule has 2 aliphatic rings. The van der Waals surface area contributed by atoms with E-state index in [9.17, 15) is 4.79 Å². The minimum Gasteiger partial charge on any atom is -0.377 e. The number of halogens is 2. The van der Waals surface area contributed by atoms with Gasteiger partial charge in [0, 0.05) is 24.7 Å². The van der Waals surface area contributed by atoms with E-state index in [2.05, 4.69) is 39.7 Å². The highest BCUT2D eigenvalue weighted by Crippen LogP contribution is 2.29. The smallest absolute Gasteiger partial charge is 0.245 e. The van der Waals surface area contributed by atoms with Crippen LogP contribution in [0.4, 0.5) is 0 Å². The SMILES string of the molecule is C=C(Br)C(=NC)N1CCOCC1C(=O)N[C@@H](C)C1=CC=C(Cl)CC1C. The summed E-state index contributed by atoms with van der Waals surface area (Å²) in [6.07, 6.45) is 4.73. The highest BCUT2D eigenvalue weighted by Gasteiger charge is 2.33. The number of rotatable bonds is 4. The number of allylic oxidation sites excluding steroid dienone is 3. The van der Waals surface area contributed by atoms with Crippen molar-refractivity contribution in [3.63, 3.8) is 0 Å². The molecule has 0 bridgehead atoms. The summed E-state index contributed by atoms with van der Waals surface area (Å²) >= 11 is 9.46. The van der Waals surface area contributed by atoms with Crippen LogP contribution in [0.2, 0.25) is 0 Å². The Morgan fingerprint density at radius 2 is 2.28 bits per heavy atom. The average molecular weight is 431 g/mol. The first-order valence-electron chi connectivity index (χ1n) is 8.37.